The Hall–Kier alpha value is 3.60. The molecule has 4 heterocycles. The Balaban J connectivity index is 0. The summed E-state index contributed by atoms with van der Waals surface area (Å²) in [4.78, 5) is 28.3. The van der Waals surface area contributed by atoms with Gasteiger partial charge in [-0.3, -0.25) is 39.8 Å². The maximum absolute atomic E-state index is 8.81. The Kier molecular flexibility index (Phi) is 35.9. The molecule has 8 rings (SSSR count). The molecule has 52 heavy (non-hydrogen) atoms. The molecule has 8 aliphatic rings. The first-order chi connectivity index (χ1) is 23.3. The van der Waals surface area contributed by atoms with Gasteiger partial charge < -0.3 is 11.5 Å². The molecule has 8 fully saturated rings. The van der Waals surface area contributed by atoms with Crippen molar-refractivity contribution in [3.8, 4) is 0 Å². The van der Waals surface area contributed by atoms with E-state index in [0.29, 0.717) is 0 Å². The smallest absolute Gasteiger partial charge is 0.194 e. The molecular formula is C36H72Ar4N8O4. The van der Waals surface area contributed by atoms with Crippen LogP contribution in [0.25, 0.3) is 0 Å². The predicted molar refractivity (Wildman–Crippen MR) is 195 cm³/mol. The fourth-order valence-electron chi connectivity index (χ4n) is 10.8. The maximum Gasteiger partial charge on any atom is 0.194 e. The van der Waals surface area contributed by atoms with Gasteiger partial charge in [0.15, 0.2) is 14.1 Å². The van der Waals surface area contributed by atoms with Crippen LogP contribution >= 0.6 is 0 Å². The molecule has 12 nitrogen and oxygen atoms in total. The zero-order valence-electron chi connectivity index (χ0n) is 32.5. The van der Waals surface area contributed by atoms with Gasteiger partial charge in [-0.1, -0.05) is 51.4 Å². The van der Waals surface area contributed by atoms with Gasteiger partial charge in [0.2, 0.25) is 0 Å². The third-order valence-electron chi connectivity index (χ3n) is 12.6. The van der Waals surface area contributed by atoms with Crippen LogP contribution in [0.5, 0.6) is 0 Å². The van der Waals surface area contributed by atoms with Gasteiger partial charge in [0.25, 0.3) is 0 Å². The molecule has 4 saturated heterocycles. The summed E-state index contributed by atoms with van der Waals surface area (Å²) in [5, 5.41) is 17.6. The summed E-state index contributed by atoms with van der Waals surface area (Å²) in [6, 6.07) is 3.80. The molecule has 0 aromatic rings. The van der Waals surface area contributed by atoms with Crippen LogP contribution in [0.4, 0.5) is 0 Å². The Morgan fingerprint density at radius 1 is 0.404 bits per heavy atom. The van der Waals surface area contributed by atoms with Crippen LogP contribution in [0, 0.1) is 195 Å². The summed E-state index contributed by atoms with van der Waals surface area (Å²) >= 11 is 0. The van der Waals surface area contributed by atoms with Crippen molar-refractivity contribution in [2.45, 2.75) is 127 Å². The molecule has 16 heteroatoms. The van der Waals surface area contributed by atoms with Crippen LogP contribution in [0.3, 0.4) is 0 Å². The van der Waals surface area contributed by atoms with Crippen molar-refractivity contribution in [3.05, 3.63) is 20.2 Å². The third kappa shape index (κ3) is 18.5. The second-order valence-electron chi connectivity index (χ2n) is 15.3. The summed E-state index contributed by atoms with van der Waals surface area (Å²) in [5.41, 5.74) is 9.00. The fraction of sp³-hybridized carbons (Fsp3) is 1.00. The SMILES string of the molecule is C1CCC2C(C1)CN1CCN2CC2CCCCC21.C1CCC2C(C1)CN1CCN2CC2CCCCC21.CN.CN.C[N+](=O)[O-].C[N+](=O)[O-].[Ar].[Ar].[Ar].[Ar]. The number of nitrogens with two attached hydrogens (primary N) is 2. The molecule has 12 unspecified atom stereocenters. The Morgan fingerprint density at radius 3 is 0.731 bits per heavy atom. The minimum atomic E-state index is -0.500. The van der Waals surface area contributed by atoms with Crippen molar-refractivity contribution in [2.75, 3.05) is 80.5 Å². The first-order valence-corrected chi connectivity index (χ1v) is 19.6. The zero-order valence-corrected chi connectivity index (χ0v) is 35.3. The number of nitrogens with zero attached hydrogens (tertiary/aromatic N) is 6. The third-order valence-corrected chi connectivity index (χ3v) is 12.6. The molecule has 0 spiro atoms. The van der Waals surface area contributed by atoms with Crippen molar-refractivity contribution in [3.63, 3.8) is 0 Å². The van der Waals surface area contributed by atoms with Crippen molar-refractivity contribution in [2.24, 2.45) is 35.1 Å². The van der Waals surface area contributed by atoms with E-state index in [4.69, 9.17) is 20.2 Å². The molecule has 0 aromatic heterocycles. The van der Waals surface area contributed by atoms with Gasteiger partial charge >= 0.3 is 0 Å². The van der Waals surface area contributed by atoms with Gasteiger partial charge in [0.05, 0.1) is 0 Å². The standard InChI is InChI=1S/2C16H28N2.2CH3NO2.2CH5N.4Ar/c2*1-3-7-15-13(5-1)11-17-9-10-18(15)12-14-6-2-4-8-16(14)17;2*1-2(3)4;2*1-2;;;;/h2*13-16H,1-12H2;2*1H3;2*2H2,1H3;;;;. The van der Waals surface area contributed by atoms with Crippen LogP contribution < -0.4 is 11.5 Å². The Morgan fingerprint density at radius 2 is 0.558 bits per heavy atom. The average molecular weight is 841 g/mol. The van der Waals surface area contributed by atoms with Crippen molar-refractivity contribution in [1.82, 2.24) is 19.6 Å². The van der Waals surface area contributed by atoms with Crippen molar-refractivity contribution < 1.29 is 161 Å². The number of hydrogen-bond acceptors (Lipinski definition) is 10. The molecule has 4 aliphatic carbocycles. The van der Waals surface area contributed by atoms with E-state index < -0.39 is 9.85 Å². The van der Waals surface area contributed by atoms with Gasteiger partial charge in [0, 0.05) is 237 Å². The summed E-state index contributed by atoms with van der Waals surface area (Å²) in [6.07, 6.45) is 24.0. The second-order valence-corrected chi connectivity index (χ2v) is 15.3. The quantitative estimate of drug-likeness (QED) is 0.266. The molecule has 4 saturated carbocycles. The number of nitro groups is 2. The monoisotopic (exact) mass is 840 g/mol. The molecule has 0 aromatic carbocycles. The van der Waals surface area contributed by atoms with Gasteiger partial charge in [-0.25, -0.2) is 0 Å². The largest absolute Gasteiger partial charge is 0.333 e. The van der Waals surface area contributed by atoms with E-state index in [2.05, 4.69) is 31.1 Å². The normalized spacial score (nSPS) is 37.2. The van der Waals surface area contributed by atoms with Crippen LogP contribution in [0.2, 0.25) is 0 Å². The van der Waals surface area contributed by atoms with E-state index in [1.807, 2.05) is 0 Å². The molecule has 0 amide bonds. The summed E-state index contributed by atoms with van der Waals surface area (Å²) in [5.74, 6) is 4.02. The van der Waals surface area contributed by atoms with E-state index >= 15 is 0 Å². The van der Waals surface area contributed by atoms with Gasteiger partial charge in [-0.2, -0.15) is 0 Å². The Bertz CT molecular complexity index is 811. The molecule has 12 atom stereocenters. The van der Waals surface area contributed by atoms with Crippen LogP contribution in [-0.2, 0) is 0 Å². The fourth-order valence-corrected chi connectivity index (χ4v) is 10.8. The zero-order chi connectivity index (χ0) is 35.1. The number of fused-ring (bicyclic) bond motifs is 14. The van der Waals surface area contributed by atoms with E-state index in [-0.39, 0.29) is 151 Å². The molecule has 4 N–H and O–H groups in total. The first-order valence-electron chi connectivity index (χ1n) is 19.6. The molecule has 4 aliphatic heterocycles. The topological polar surface area (TPSA) is 151 Å². The summed E-state index contributed by atoms with van der Waals surface area (Å²) in [7, 11) is 4.78. The second kappa shape index (κ2) is 32.4. The maximum atomic E-state index is 8.81. The predicted octanol–water partition coefficient (Wildman–Crippen LogP) is 4.41. The number of hydrogen-bond donors (Lipinski definition) is 2. The van der Waals surface area contributed by atoms with E-state index in [9.17, 15) is 0 Å². The van der Waals surface area contributed by atoms with Crippen molar-refractivity contribution >= 4 is 0 Å². The van der Waals surface area contributed by atoms with E-state index in [1.165, 1.54) is 169 Å². The molecular weight excluding hydrogens is 768 g/mol. The Labute approximate surface area is 436 Å². The van der Waals surface area contributed by atoms with Crippen LogP contribution in [0.1, 0.15) is 103 Å². The minimum absolute atomic E-state index is 0. The average Bonchev–Trinajstić information content (AvgIpc) is 3.55. The van der Waals surface area contributed by atoms with Crippen LogP contribution in [0.15, 0.2) is 0 Å². The number of rotatable bonds is 0. The molecule has 4 bridgehead atoms. The molecule has 0 radical (unpaired) electrons. The minimum Gasteiger partial charge on any atom is -0.333 e. The van der Waals surface area contributed by atoms with Crippen molar-refractivity contribution in [1.29, 1.82) is 0 Å². The van der Waals surface area contributed by atoms with Gasteiger partial charge in [-0.15, -0.1) is 0 Å². The van der Waals surface area contributed by atoms with Gasteiger partial charge in [0.1, 0.15) is 0 Å². The van der Waals surface area contributed by atoms with Crippen LogP contribution in [-0.4, -0.2) is 134 Å². The van der Waals surface area contributed by atoms with E-state index in [0.717, 1.165) is 61.9 Å². The summed E-state index contributed by atoms with van der Waals surface area (Å²) < 4.78 is 0. The summed E-state index contributed by atoms with van der Waals surface area (Å²) in [6.45, 7) is 11.2. The van der Waals surface area contributed by atoms with E-state index in [1.54, 1.807) is 0 Å². The van der Waals surface area contributed by atoms with Gasteiger partial charge in [-0.05, 0) is 89.1 Å². The molecule has 312 valence electrons. The first kappa shape index (κ1) is 57.7.